The highest BCUT2D eigenvalue weighted by molar-refractivity contribution is 14.1. The van der Waals surface area contributed by atoms with Crippen LogP contribution in [-0.4, -0.2) is 12.1 Å². The van der Waals surface area contributed by atoms with Gasteiger partial charge >= 0.3 is 0 Å². The molecule has 0 aliphatic rings. The molecular weight excluding hydrogens is 555 g/mol. The molecule has 0 saturated heterocycles. The first-order valence-corrected chi connectivity index (χ1v) is 10.5. The fourth-order valence-electron chi connectivity index (χ4n) is 2.29. The van der Waals surface area contributed by atoms with Crippen molar-refractivity contribution in [1.29, 1.82) is 0 Å². The predicted octanol–water partition coefficient (Wildman–Crippen LogP) is 6.05. The Labute approximate surface area is 190 Å². The van der Waals surface area contributed by atoms with E-state index in [1.165, 1.54) is 0 Å². The van der Waals surface area contributed by atoms with Gasteiger partial charge in [-0.15, -0.1) is 0 Å². The Kier molecular flexibility index (Phi) is 7.47. The van der Waals surface area contributed by atoms with E-state index in [1.807, 2.05) is 54.6 Å². The van der Waals surface area contributed by atoms with Crippen LogP contribution in [0.5, 0.6) is 5.75 Å². The zero-order valence-electron chi connectivity index (χ0n) is 14.5. The molecule has 0 atom stereocenters. The van der Waals surface area contributed by atoms with E-state index in [0.29, 0.717) is 17.2 Å². The van der Waals surface area contributed by atoms with E-state index in [2.05, 4.69) is 49.0 Å². The van der Waals surface area contributed by atoms with Crippen LogP contribution in [0.25, 0.3) is 0 Å². The van der Waals surface area contributed by atoms with Crippen LogP contribution in [-0.2, 0) is 6.61 Å². The first-order chi connectivity index (χ1) is 13.5. The maximum absolute atomic E-state index is 12.0. The zero-order valence-corrected chi connectivity index (χ0v) is 19.0. The van der Waals surface area contributed by atoms with Gasteiger partial charge in [-0.1, -0.05) is 23.7 Å². The molecule has 3 aromatic carbocycles. The number of hydrogen-bond donors (Lipinski definition) is 1. The molecule has 0 saturated carbocycles. The number of carbonyl (C=O) groups is 1. The number of nitrogens with zero attached hydrogens (tertiary/aromatic N) is 1. The summed E-state index contributed by atoms with van der Waals surface area (Å²) < 4.78 is 7.69. The lowest BCUT2D eigenvalue weighted by Gasteiger charge is -2.09. The minimum absolute atomic E-state index is 0.255. The molecule has 0 radical (unpaired) electrons. The van der Waals surface area contributed by atoms with Crippen LogP contribution < -0.4 is 10.2 Å². The molecule has 3 aromatic rings. The molecule has 0 bridgehead atoms. The quantitative estimate of drug-likeness (QED) is 0.223. The van der Waals surface area contributed by atoms with E-state index in [4.69, 9.17) is 16.3 Å². The SMILES string of the molecule is O=C(N/N=C\c1ccc(OCc2ccc(Cl)cc2)c(Br)c1)c1ccc(I)cc1. The molecule has 0 aliphatic carbocycles. The molecule has 4 nitrogen and oxygen atoms in total. The summed E-state index contributed by atoms with van der Waals surface area (Å²) in [7, 11) is 0. The number of benzene rings is 3. The minimum atomic E-state index is -0.255. The number of hydrogen-bond acceptors (Lipinski definition) is 3. The van der Waals surface area contributed by atoms with E-state index in [9.17, 15) is 4.79 Å². The average molecular weight is 570 g/mol. The summed E-state index contributed by atoms with van der Waals surface area (Å²) in [5, 5.41) is 4.71. The van der Waals surface area contributed by atoms with Gasteiger partial charge in [0.05, 0.1) is 10.7 Å². The summed E-state index contributed by atoms with van der Waals surface area (Å²) in [6.45, 7) is 0.440. The Morgan fingerprint density at radius 3 is 2.50 bits per heavy atom. The summed E-state index contributed by atoms with van der Waals surface area (Å²) in [6.07, 6.45) is 1.58. The smallest absolute Gasteiger partial charge is 0.271 e. The van der Waals surface area contributed by atoms with Gasteiger partial charge in [-0.25, -0.2) is 5.43 Å². The number of rotatable bonds is 6. The number of halogens is 3. The van der Waals surface area contributed by atoms with Crippen molar-refractivity contribution < 1.29 is 9.53 Å². The molecule has 7 heteroatoms. The molecular formula is C21H15BrClIN2O2. The van der Waals surface area contributed by atoms with Gasteiger partial charge in [-0.2, -0.15) is 5.10 Å². The lowest BCUT2D eigenvalue weighted by Crippen LogP contribution is -2.17. The highest BCUT2D eigenvalue weighted by Crippen LogP contribution is 2.26. The van der Waals surface area contributed by atoms with Crippen LogP contribution in [0.3, 0.4) is 0 Å². The largest absolute Gasteiger partial charge is 0.488 e. The predicted molar refractivity (Wildman–Crippen MR) is 124 cm³/mol. The normalized spacial score (nSPS) is 10.8. The lowest BCUT2D eigenvalue weighted by atomic mass is 10.2. The number of amides is 1. The fourth-order valence-corrected chi connectivity index (χ4v) is 3.28. The van der Waals surface area contributed by atoms with Crippen molar-refractivity contribution in [3.8, 4) is 5.75 Å². The van der Waals surface area contributed by atoms with E-state index in [-0.39, 0.29) is 5.91 Å². The van der Waals surface area contributed by atoms with Gasteiger partial charge in [0.2, 0.25) is 0 Å². The number of ether oxygens (including phenoxy) is 1. The molecule has 0 spiro atoms. The summed E-state index contributed by atoms with van der Waals surface area (Å²) in [4.78, 5) is 12.0. The molecule has 0 heterocycles. The third kappa shape index (κ3) is 6.05. The van der Waals surface area contributed by atoms with Gasteiger partial charge in [0.25, 0.3) is 5.91 Å². The molecule has 0 aliphatic heterocycles. The van der Waals surface area contributed by atoms with Crippen molar-refractivity contribution in [2.24, 2.45) is 5.10 Å². The monoisotopic (exact) mass is 568 g/mol. The van der Waals surface area contributed by atoms with Crippen LogP contribution in [0.15, 0.2) is 76.3 Å². The number of carbonyl (C=O) groups excluding carboxylic acids is 1. The molecule has 0 fully saturated rings. The Morgan fingerprint density at radius 2 is 1.82 bits per heavy atom. The van der Waals surface area contributed by atoms with Crippen molar-refractivity contribution in [3.63, 3.8) is 0 Å². The second kappa shape index (κ2) is 10.0. The zero-order chi connectivity index (χ0) is 19.9. The Hall–Kier alpha value is -1.90. The van der Waals surface area contributed by atoms with Gasteiger partial charge in [0.15, 0.2) is 0 Å². The Morgan fingerprint density at radius 1 is 1.11 bits per heavy atom. The minimum Gasteiger partial charge on any atom is -0.488 e. The fraction of sp³-hybridized carbons (Fsp3) is 0.0476. The maximum atomic E-state index is 12.0. The number of hydrazone groups is 1. The molecule has 0 unspecified atom stereocenters. The molecule has 1 amide bonds. The summed E-state index contributed by atoms with van der Waals surface area (Å²) in [5.41, 5.74) is 4.94. The standard InChI is InChI=1S/C21H15BrClIN2O2/c22-19-11-15(12-25-26-21(27)16-4-8-18(24)9-5-16)3-10-20(19)28-13-14-1-6-17(23)7-2-14/h1-12H,13H2,(H,26,27)/b25-12-. The van der Waals surface area contributed by atoms with Crippen molar-refractivity contribution in [2.45, 2.75) is 6.61 Å². The third-order valence-electron chi connectivity index (χ3n) is 3.75. The molecule has 1 N–H and O–H groups in total. The molecule has 142 valence electrons. The highest BCUT2D eigenvalue weighted by atomic mass is 127. The van der Waals surface area contributed by atoms with E-state index >= 15 is 0 Å². The maximum Gasteiger partial charge on any atom is 0.271 e. The average Bonchev–Trinajstić information content (AvgIpc) is 2.69. The topological polar surface area (TPSA) is 50.7 Å². The van der Waals surface area contributed by atoms with Gasteiger partial charge in [-0.05, 0) is 104 Å². The van der Waals surface area contributed by atoms with Gasteiger partial charge in [0.1, 0.15) is 12.4 Å². The number of nitrogens with one attached hydrogen (secondary N) is 1. The van der Waals surface area contributed by atoms with Crippen LogP contribution in [0.2, 0.25) is 5.02 Å². The lowest BCUT2D eigenvalue weighted by molar-refractivity contribution is 0.0955. The third-order valence-corrected chi connectivity index (χ3v) is 5.34. The van der Waals surface area contributed by atoms with Crippen LogP contribution >= 0.6 is 50.1 Å². The van der Waals surface area contributed by atoms with Crippen molar-refractivity contribution in [2.75, 3.05) is 0 Å². The first-order valence-electron chi connectivity index (χ1n) is 8.27. The summed E-state index contributed by atoms with van der Waals surface area (Å²) >= 11 is 11.6. The molecule has 28 heavy (non-hydrogen) atoms. The van der Waals surface area contributed by atoms with E-state index in [0.717, 1.165) is 24.9 Å². The van der Waals surface area contributed by atoms with Gasteiger partial charge < -0.3 is 4.74 Å². The second-order valence-corrected chi connectivity index (χ2v) is 8.35. The van der Waals surface area contributed by atoms with Crippen molar-refractivity contribution >= 4 is 62.2 Å². The summed E-state index contributed by atoms with van der Waals surface area (Å²) in [6, 6.07) is 20.4. The van der Waals surface area contributed by atoms with Crippen LogP contribution in [0.4, 0.5) is 0 Å². The Balaban J connectivity index is 1.57. The molecule has 0 aromatic heterocycles. The van der Waals surface area contributed by atoms with E-state index in [1.54, 1.807) is 18.3 Å². The van der Waals surface area contributed by atoms with Gasteiger partial charge in [0, 0.05) is 14.2 Å². The van der Waals surface area contributed by atoms with Crippen molar-refractivity contribution in [1.82, 2.24) is 5.43 Å². The van der Waals surface area contributed by atoms with Crippen LogP contribution in [0, 0.1) is 3.57 Å². The highest BCUT2D eigenvalue weighted by Gasteiger charge is 2.05. The molecule has 3 rings (SSSR count). The second-order valence-electron chi connectivity index (χ2n) is 5.81. The first kappa shape index (κ1) is 20.8. The Bertz CT molecular complexity index is 992. The van der Waals surface area contributed by atoms with Crippen molar-refractivity contribution in [3.05, 3.63) is 96.5 Å². The van der Waals surface area contributed by atoms with E-state index < -0.39 is 0 Å². The van der Waals surface area contributed by atoms with Crippen LogP contribution in [0.1, 0.15) is 21.5 Å². The van der Waals surface area contributed by atoms with Gasteiger partial charge in [-0.3, -0.25) is 4.79 Å². The summed E-state index contributed by atoms with van der Waals surface area (Å²) in [5.74, 6) is 0.463.